The van der Waals surface area contributed by atoms with Crippen LogP contribution in [0.25, 0.3) is 5.78 Å². The van der Waals surface area contributed by atoms with Gasteiger partial charge in [-0.05, 0) is 13.0 Å². The Kier molecular flexibility index (Phi) is 2.74. The molecule has 3 rings (SSSR count). The van der Waals surface area contributed by atoms with E-state index in [9.17, 15) is 0 Å². The van der Waals surface area contributed by atoms with Crippen molar-refractivity contribution in [1.82, 2.24) is 29.8 Å². The van der Waals surface area contributed by atoms with Crippen LogP contribution in [0.15, 0.2) is 12.4 Å². The summed E-state index contributed by atoms with van der Waals surface area (Å²) in [4.78, 5) is 10.9. The molecule has 1 saturated heterocycles. The first-order chi connectivity index (χ1) is 8.33. The van der Waals surface area contributed by atoms with E-state index >= 15 is 0 Å². The van der Waals surface area contributed by atoms with Crippen LogP contribution in [0.4, 0.5) is 0 Å². The quantitative estimate of drug-likeness (QED) is 0.779. The van der Waals surface area contributed by atoms with Crippen molar-refractivity contribution in [3.8, 4) is 0 Å². The molecule has 1 N–H and O–H groups in total. The van der Waals surface area contributed by atoms with Crippen LogP contribution in [0, 0.1) is 6.92 Å². The first kappa shape index (κ1) is 10.6. The summed E-state index contributed by atoms with van der Waals surface area (Å²) >= 11 is 0. The van der Waals surface area contributed by atoms with Gasteiger partial charge in [-0.1, -0.05) is 0 Å². The molecule has 0 bridgehead atoms. The van der Waals surface area contributed by atoms with E-state index < -0.39 is 0 Å². The lowest BCUT2D eigenvalue weighted by Crippen LogP contribution is -2.43. The van der Waals surface area contributed by atoms with Crippen molar-refractivity contribution in [2.75, 3.05) is 26.2 Å². The SMILES string of the molecule is Cc1cc(CN2CCNCC2)n2ncnc2n1. The first-order valence-corrected chi connectivity index (χ1v) is 5.92. The van der Waals surface area contributed by atoms with Crippen molar-refractivity contribution in [3.05, 3.63) is 23.8 Å². The maximum absolute atomic E-state index is 4.35. The summed E-state index contributed by atoms with van der Waals surface area (Å²) in [7, 11) is 0. The molecule has 1 aliphatic heterocycles. The van der Waals surface area contributed by atoms with E-state index in [4.69, 9.17) is 0 Å². The Hall–Kier alpha value is -1.53. The summed E-state index contributed by atoms with van der Waals surface area (Å²) in [5, 5.41) is 7.58. The van der Waals surface area contributed by atoms with Gasteiger partial charge < -0.3 is 5.32 Å². The van der Waals surface area contributed by atoms with Gasteiger partial charge in [0.1, 0.15) is 6.33 Å². The maximum atomic E-state index is 4.35. The van der Waals surface area contributed by atoms with Crippen LogP contribution in [0.2, 0.25) is 0 Å². The molecule has 0 saturated carbocycles. The number of hydrogen-bond donors (Lipinski definition) is 1. The molecule has 2 aromatic heterocycles. The van der Waals surface area contributed by atoms with Crippen LogP contribution >= 0.6 is 0 Å². The highest BCUT2D eigenvalue weighted by atomic mass is 15.3. The molecule has 1 aliphatic rings. The van der Waals surface area contributed by atoms with Crippen molar-refractivity contribution in [1.29, 1.82) is 0 Å². The van der Waals surface area contributed by atoms with Crippen molar-refractivity contribution < 1.29 is 0 Å². The Bertz CT molecular complexity index is 514. The van der Waals surface area contributed by atoms with Gasteiger partial charge in [0, 0.05) is 38.4 Å². The molecule has 1 fully saturated rings. The topological polar surface area (TPSA) is 58.4 Å². The summed E-state index contributed by atoms with van der Waals surface area (Å²) < 4.78 is 1.83. The van der Waals surface area contributed by atoms with Crippen LogP contribution in [-0.2, 0) is 6.54 Å². The Morgan fingerprint density at radius 2 is 2.18 bits per heavy atom. The molecule has 17 heavy (non-hydrogen) atoms. The molecular formula is C11H16N6. The summed E-state index contributed by atoms with van der Waals surface area (Å²) in [5.41, 5.74) is 2.16. The lowest BCUT2D eigenvalue weighted by atomic mass is 10.3. The molecule has 0 atom stereocenters. The van der Waals surface area contributed by atoms with E-state index in [1.54, 1.807) is 6.33 Å². The summed E-state index contributed by atoms with van der Waals surface area (Å²) in [5.74, 6) is 0.690. The summed E-state index contributed by atoms with van der Waals surface area (Å²) in [6.07, 6.45) is 1.56. The Labute approximate surface area is 99.7 Å². The van der Waals surface area contributed by atoms with Gasteiger partial charge in [0.25, 0.3) is 5.78 Å². The molecule has 0 amide bonds. The lowest BCUT2D eigenvalue weighted by molar-refractivity contribution is 0.229. The molecule has 0 aliphatic carbocycles. The number of fused-ring (bicyclic) bond motifs is 1. The minimum atomic E-state index is 0.690. The van der Waals surface area contributed by atoms with Crippen LogP contribution < -0.4 is 5.32 Å². The molecule has 2 aromatic rings. The second-order valence-corrected chi connectivity index (χ2v) is 4.39. The van der Waals surface area contributed by atoms with Crippen molar-refractivity contribution in [2.45, 2.75) is 13.5 Å². The molecule has 0 spiro atoms. The first-order valence-electron chi connectivity index (χ1n) is 5.92. The average Bonchev–Trinajstić information content (AvgIpc) is 2.78. The summed E-state index contributed by atoms with van der Waals surface area (Å²) in [6, 6.07) is 2.09. The van der Waals surface area contributed by atoms with Crippen LogP contribution in [-0.4, -0.2) is 50.7 Å². The van der Waals surface area contributed by atoms with Gasteiger partial charge in [-0.15, -0.1) is 0 Å². The van der Waals surface area contributed by atoms with Gasteiger partial charge >= 0.3 is 0 Å². The molecular weight excluding hydrogens is 216 g/mol. The minimum absolute atomic E-state index is 0.690. The third-order valence-corrected chi connectivity index (χ3v) is 3.05. The van der Waals surface area contributed by atoms with E-state index in [1.165, 1.54) is 0 Å². The van der Waals surface area contributed by atoms with Gasteiger partial charge in [-0.25, -0.2) is 9.50 Å². The summed E-state index contributed by atoms with van der Waals surface area (Å²) in [6.45, 7) is 7.19. The smallest absolute Gasteiger partial charge is 0.252 e. The number of aryl methyl sites for hydroxylation is 1. The average molecular weight is 232 g/mol. The predicted molar refractivity (Wildman–Crippen MR) is 63.7 cm³/mol. The maximum Gasteiger partial charge on any atom is 0.252 e. The number of nitrogens with zero attached hydrogens (tertiary/aromatic N) is 5. The fourth-order valence-corrected chi connectivity index (χ4v) is 2.22. The zero-order valence-electron chi connectivity index (χ0n) is 9.93. The monoisotopic (exact) mass is 232 g/mol. The number of nitrogens with one attached hydrogen (secondary N) is 1. The third-order valence-electron chi connectivity index (χ3n) is 3.05. The van der Waals surface area contributed by atoms with E-state index in [1.807, 2.05) is 11.4 Å². The third kappa shape index (κ3) is 2.13. The standard InChI is InChI=1S/C11H16N6/c1-9-6-10(7-16-4-2-12-3-5-16)17-11(15-9)13-8-14-17/h6,8,12H,2-5,7H2,1H3. The Morgan fingerprint density at radius 1 is 1.35 bits per heavy atom. The van der Waals surface area contributed by atoms with Gasteiger partial charge in [0.15, 0.2) is 0 Å². The Morgan fingerprint density at radius 3 is 3.00 bits per heavy atom. The highest BCUT2D eigenvalue weighted by molar-refractivity contribution is 5.29. The molecule has 0 radical (unpaired) electrons. The zero-order valence-corrected chi connectivity index (χ0v) is 9.93. The molecule has 6 heteroatoms. The van der Waals surface area contributed by atoms with Crippen LogP contribution in [0.3, 0.4) is 0 Å². The fourth-order valence-electron chi connectivity index (χ4n) is 2.22. The van der Waals surface area contributed by atoms with Crippen LogP contribution in [0.1, 0.15) is 11.4 Å². The molecule has 90 valence electrons. The van der Waals surface area contributed by atoms with Gasteiger partial charge in [-0.2, -0.15) is 10.1 Å². The molecule has 6 nitrogen and oxygen atoms in total. The number of rotatable bonds is 2. The van der Waals surface area contributed by atoms with Gasteiger partial charge in [0.05, 0.1) is 5.69 Å². The molecule has 0 unspecified atom stereocenters. The second kappa shape index (κ2) is 4.38. The van der Waals surface area contributed by atoms with Crippen LogP contribution in [0.5, 0.6) is 0 Å². The predicted octanol–water partition coefficient (Wildman–Crippen LogP) is -0.162. The highest BCUT2D eigenvalue weighted by Crippen LogP contribution is 2.08. The fraction of sp³-hybridized carbons (Fsp3) is 0.545. The largest absolute Gasteiger partial charge is 0.314 e. The van der Waals surface area contributed by atoms with Gasteiger partial charge in [-0.3, -0.25) is 4.90 Å². The van der Waals surface area contributed by atoms with E-state index in [-0.39, 0.29) is 0 Å². The van der Waals surface area contributed by atoms with E-state index in [2.05, 4.69) is 31.3 Å². The lowest BCUT2D eigenvalue weighted by Gasteiger charge is -2.27. The van der Waals surface area contributed by atoms with Crippen molar-refractivity contribution in [3.63, 3.8) is 0 Å². The number of hydrogen-bond acceptors (Lipinski definition) is 5. The number of aromatic nitrogens is 4. The second-order valence-electron chi connectivity index (χ2n) is 4.39. The normalized spacial score (nSPS) is 17.7. The number of piperazine rings is 1. The van der Waals surface area contributed by atoms with Gasteiger partial charge in [0.2, 0.25) is 0 Å². The van der Waals surface area contributed by atoms with Crippen molar-refractivity contribution >= 4 is 5.78 Å². The minimum Gasteiger partial charge on any atom is -0.314 e. The van der Waals surface area contributed by atoms with E-state index in [0.717, 1.165) is 44.1 Å². The zero-order chi connectivity index (χ0) is 11.7. The highest BCUT2D eigenvalue weighted by Gasteiger charge is 2.13. The van der Waals surface area contributed by atoms with E-state index in [0.29, 0.717) is 5.78 Å². The molecule has 0 aromatic carbocycles. The molecule has 3 heterocycles. The Balaban J connectivity index is 1.90. The van der Waals surface area contributed by atoms with Crippen molar-refractivity contribution in [2.24, 2.45) is 0 Å².